The Balaban J connectivity index is 2.87. The lowest BCUT2D eigenvalue weighted by Gasteiger charge is -2.17. The standard InChI is InChI=1S/C13H19Br2NO2/c1-8(16)4-10-5-11(14)13(12(15)6-10)18-9(2)7-17-3/h5-6,8-9H,4,7,16H2,1-3H3. The average Bonchev–Trinajstić information content (AvgIpc) is 2.23. The van der Waals surface area contributed by atoms with Crippen LogP contribution in [-0.4, -0.2) is 25.9 Å². The van der Waals surface area contributed by atoms with Crippen LogP contribution in [0.1, 0.15) is 19.4 Å². The Morgan fingerprint density at radius 1 is 1.22 bits per heavy atom. The minimum atomic E-state index is 0.00174. The van der Waals surface area contributed by atoms with Crippen molar-refractivity contribution in [2.45, 2.75) is 32.4 Å². The van der Waals surface area contributed by atoms with Crippen LogP contribution in [0.5, 0.6) is 5.75 Å². The normalized spacial score (nSPS) is 14.3. The highest BCUT2D eigenvalue weighted by molar-refractivity contribution is 9.11. The summed E-state index contributed by atoms with van der Waals surface area (Å²) in [6, 6.07) is 4.23. The van der Waals surface area contributed by atoms with Gasteiger partial charge in [0.25, 0.3) is 0 Å². The third-order valence-electron chi connectivity index (χ3n) is 2.34. The van der Waals surface area contributed by atoms with E-state index in [2.05, 4.69) is 31.9 Å². The zero-order valence-corrected chi connectivity index (χ0v) is 14.0. The Morgan fingerprint density at radius 3 is 2.22 bits per heavy atom. The summed E-state index contributed by atoms with van der Waals surface area (Å²) in [4.78, 5) is 0. The topological polar surface area (TPSA) is 44.5 Å². The van der Waals surface area contributed by atoms with Crippen LogP contribution in [0.25, 0.3) is 0 Å². The molecule has 1 aromatic carbocycles. The number of ether oxygens (including phenoxy) is 2. The fourth-order valence-electron chi connectivity index (χ4n) is 1.68. The molecular weight excluding hydrogens is 362 g/mol. The van der Waals surface area contributed by atoms with Gasteiger partial charge in [-0.2, -0.15) is 0 Å². The second-order valence-electron chi connectivity index (χ2n) is 4.45. The van der Waals surface area contributed by atoms with Crippen LogP contribution in [-0.2, 0) is 11.2 Å². The zero-order valence-electron chi connectivity index (χ0n) is 10.9. The van der Waals surface area contributed by atoms with E-state index in [1.807, 2.05) is 26.0 Å². The van der Waals surface area contributed by atoms with Gasteiger partial charge >= 0.3 is 0 Å². The Bertz CT molecular complexity index is 374. The summed E-state index contributed by atoms with van der Waals surface area (Å²) in [5.41, 5.74) is 6.98. The van der Waals surface area contributed by atoms with Crippen molar-refractivity contribution in [3.05, 3.63) is 26.6 Å². The second-order valence-corrected chi connectivity index (χ2v) is 6.16. The van der Waals surface area contributed by atoms with E-state index in [1.54, 1.807) is 7.11 Å². The molecule has 0 aromatic heterocycles. The van der Waals surface area contributed by atoms with Crippen LogP contribution in [0, 0.1) is 0 Å². The maximum atomic E-state index is 5.83. The summed E-state index contributed by atoms with van der Waals surface area (Å²) in [5.74, 6) is 0.799. The highest BCUT2D eigenvalue weighted by Gasteiger charge is 2.13. The van der Waals surface area contributed by atoms with E-state index in [9.17, 15) is 0 Å². The summed E-state index contributed by atoms with van der Waals surface area (Å²) in [6.07, 6.45) is 0.840. The number of hydrogen-bond donors (Lipinski definition) is 1. The van der Waals surface area contributed by atoms with Crippen molar-refractivity contribution in [2.24, 2.45) is 5.73 Å². The summed E-state index contributed by atoms with van der Waals surface area (Å²) < 4.78 is 12.7. The number of halogens is 2. The van der Waals surface area contributed by atoms with Gasteiger partial charge in [0.15, 0.2) is 0 Å². The van der Waals surface area contributed by atoms with Gasteiger partial charge in [-0.3, -0.25) is 0 Å². The van der Waals surface area contributed by atoms with E-state index < -0.39 is 0 Å². The quantitative estimate of drug-likeness (QED) is 0.821. The lowest BCUT2D eigenvalue weighted by molar-refractivity contribution is 0.0910. The molecule has 0 amide bonds. The SMILES string of the molecule is COCC(C)Oc1c(Br)cc(CC(C)N)cc1Br. The smallest absolute Gasteiger partial charge is 0.148 e. The molecule has 18 heavy (non-hydrogen) atoms. The summed E-state index contributed by atoms with van der Waals surface area (Å²) in [6.45, 7) is 4.52. The summed E-state index contributed by atoms with van der Waals surface area (Å²) in [7, 11) is 1.66. The molecule has 1 aromatic rings. The van der Waals surface area contributed by atoms with Gasteiger partial charge in [0.2, 0.25) is 0 Å². The molecule has 0 saturated heterocycles. The van der Waals surface area contributed by atoms with Crippen molar-refractivity contribution in [1.82, 2.24) is 0 Å². The van der Waals surface area contributed by atoms with Crippen LogP contribution < -0.4 is 10.5 Å². The van der Waals surface area contributed by atoms with Crippen molar-refractivity contribution in [3.8, 4) is 5.75 Å². The first-order valence-corrected chi connectivity index (χ1v) is 7.41. The van der Waals surface area contributed by atoms with Crippen molar-refractivity contribution in [2.75, 3.05) is 13.7 Å². The number of benzene rings is 1. The largest absolute Gasteiger partial charge is 0.486 e. The zero-order chi connectivity index (χ0) is 13.7. The van der Waals surface area contributed by atoms with Gasteiger partial charge in [-0.15, -0.1) is 0 Å². The molecule has 0 aliphatic carbocycles. The first-order valence-electron chi connectivity index (χ1n) is 5.83. The Kier molecular flexibility index (Phi) is 6.63. The molecule has 5 heteroatoms. The Hall–Kier alpha value is -0.100. The third-order valence-corrected chi connectivity index (χ3v) is 3.51. The monoisotopic (exact) mass is 379 g/mol. The number of hydrogen-bond acceptors (Lipinski definition) is 3. The lowest BCUT2D eigenvalue weighted by atomic mass is 10.1. The minimum Gasteiger partial charge on any atom is -0.486 e. The fraction of sp³-hybridized carbons (Fsp3) is 0.538. The maximum absolute atomic E-state index is 5.83. The van der Waals surface area contributed by atoms with Crippen LogP contribution in [0.2, 0.25) is 0 Å². The molecule has 0 aliphatic heterocycles. The first-order chi connectivity index (χ1) is 8.43. The molecule has 1 rings (SSSR count). The van der Waals surface area contributed by atoms with Gasteiger partial charge in [-0.05, 0) is 69.8 Å². The number of methoxy groups -OCH3 is 1. The second kappa shape index (κ2) is 7.48. The number of rotatable bonds is 6. The van der Waals surface area contributed by atoms with Crippen molar-refractivity contribution >= 4 is 31.9 Å². The van der Waals surface area contributed by atoms with Crippen LogP contribution in [0.15, 0.2) is 21.1 Å². The molecule has 3 nitrogen and oxygen atoms in total. The van der Waals surface area contributed by atoms with Crippen LogP contribution in [0.3, 0.4) is 0 Å². The van der Waals surface area contributed by atoms with Gasteiger partial charge in [0, 0.05) is 13.2 Å². The molecule has 2 unspecified atom stereocenters. The Labute approximate surface area is 125 Å². The molecule has 0 bridgehead atoms. The average molecular weight is 381 g/mol. The lowest BCUT2D eigenvalue weighted by Crippen LogP contribution is -2.19. The predicted octanol–water partition coefficient (Wildman–Crippen LogP) is 3.52. The van der Waals surface area contributed by atoms with E-state index in [1.165, 1.54) is 5.56 Å². The Morgan fingerprint density at radius 2 is 1.78 bits per heavy atom. The van der Waals surface area contributed by atoms with Crippen molar-refractivity contribution < 1.29 is 9.47 Å². The maximum Gasteiger partial charge on any atom is 0.148 e. The van der Waals surface area contributed by atoms with E-state index in [0.29, 0.717) is 6.61 Å². The van der Waals surface area contributed by atoms with Crippen molar-refractivity contribution in [3.63, 3.8) is 0 Å². The van der Waals surface area contributed by atoms with E-state index in [4.69, 9.17) is 15.2 Å². The third kappa shape index (κ3) is 4.88. The van der Waals surface area contributed by atoms with Gasteiger partial charge in [-0.25, -0.2) is 0 Å². The van der Waals surface area contributed by atoms with Crippen LogP contribution >= 0.6 is 31.9 Å². The molecule has 0 spiro atoms. The molecular formula is C13H19Br2NO2. The van der Waals surface area contributed by atoms with Crippen molar-refractivity contribution in [1.29, 1.82) is 0 Å². The molecule has 0 radical (unpaired) electrons. The van der Waals surface area contributed by atoms with Gasteiger partial charge in [0.1, 0.15) is 11.9 Å². The number of nitrogens with two attached hydrogens (primary N) is 1. The minimum absolute atomic E-state index is 0.00174. The fourth-order valence-corrected chi connectivity index (χ4v) is 3.15. The van der Waals surface area contributed by atoms with Gasteiger partial charge in [-0.1, -0.05) is 0 Å². The molecule has 2 atom stereocenters. The van der Waals surface area contributed by atoms with E-state index >= 15 is 0 Å². The van der Waals surface area contributed by atoms with E-state index in [0.717, 1.165) is 21.1 Å². The highest BCUT2D eigenvalue weighted by atomic mass is 79.9. The van der Waals surface area contributed by atoms with Gasteiger partial charge in [0.05, 0.1) is 15.6 Å². The molecule has 0 fully saturated rings. The predicted molar refractivity (Wildman–Crippen MR) is 81.2 cm³/mol. The molecule has 0 saturated carbocycles. The summed E-state index contributed by atoms with van der Waals surface area (Å²) in [5, 5.41) is 0. The molecule has 2 N–H and O–H groups in total. The summed E-state index contributed by atoms with van der Waals surface area (Å²) >= 11 is 7.06. The first kappa shape index (κ1) is 16.0. The molecule has 0 heterocycles. The van der Waals surface area contributed by atoms with E-state index in [-0.39, 0.29) is 12.1 Å². The molecule has 102 valence electrons. The highest BCUT2D eigenvalue weighted by Crippen LogP contribution is 2.35. The van der Waals surface area contributed by atoms with Crippen LogP contribution in [0.4, 0.5) is 0 Å². The van der Waals surface area contributed by atoms with Gasteiger partial charge < -0.3 is 15.2 Å². The molecule has 0 aliphatic rings.